The van der Waals surface area contributed by atoms with Gasteiger partial charge in [-0.25, -0.2) is 0 Å². The smallest absolute Gasteiger partial charge is 0.323 e. The zero-order valence-electron chi connectivity index (χ0n) is 11.2. The number of carboxylic acids is 2. The number of carbonyl (C=O) groups is 3. The maximum atomic E-state index is 11.8. The molecule has 8 heteroatoms. The molecule has 0 spiro atoms. The molecule has 1 saturated heterocycles. The van der Waals surface area contributed by atoms with E-state index < -0.39 is 30.9 Å². The lowest BCUT2D eigenvalue weighted by atomic mass is 10.1. The first-order chi connectivity index (χ1) is 9.49. The number of carbonyl (C=O) groups excluding carboxylic acids is 1. The third kappa shape index (κ3) is 6.48. The quantitative estimate of drug-likeness (QED) is 0.532. The van der Waals surface area contributed by atoms with Crippen LogP contribution in [0.2, 0.25) is 0 Å². The van der Waals surface area contributed by atoms with Gasteiger partial charge >= 0.3 is 11.9 Å². The summed E-state index contributed by atoms with van der Waals surface area (Å²) in [6, 6.07) is 0. The molecule has 114 valence electrons. The second-order valence-corrected chi connectivity index (χ2v) is 4.61. The van der Waals surface area contributed by atoms with Gasteiger partial charge in [0.25, 0.3) is 0 Å². The van der Waals surface area contributed by atoms with Crippen molar-refractivity contribution in [3.63, 3.8) is 0 Å². The van der Waals surface area contributed by atoms with Crippen LogP contribution in [-0.2, 0) is 19.1 Å². The summed E-state index contributed by atoms with van der Waals surface area (Å²) in [7, 11) is 0. The molecule has 3 N–H and O–H groups in total. The third-order valence-electron chi connectivity index (χ3n) is 2.96. The van der Waals surface area contributed by atoms with Gasteiger partial charge in [-0.15, -0.1) is 0 Å². The van der Waals surface area contributed by atoms with Crippen LogP contribution < -0.4 is 5.32 Å². The average molecular weight is 288 g/mol. The van der Waals surface area contributed by atoms with Gasteiger partial charge in [0.15, 0.2) is 0 Å². The molecular formula is C12H20N2O6. The summed E-state index contributed by atoms with van der Waals surface area (Å²) < 4.78 is 5.53. The van der Waals surface area contributed by atoms with Gasteiger partial charge in [0, 0.05) is 0 Å². The molecule has 0 aromatic carbocycles. The molecule has 0 aromatic heterocycles. The number of aliphatic carboxylic acids is 2. The first kappa shape index (κ1) is 16.4. The van der Waals surface area contributed by atoms with Gasteiger partial charge in [-0.1, -0.05) is 0 Å². The molecule has 1 aliphatic rings. The van der Waals surface area contributed by atoms with Gasteiger partial charge in [0.05, 0.1) is 19.1 Å². The molecule has 0 radical (unpaired) electrons. The van der Waals surface area contributed by atoms with E-state index in [1.807, 2.05) is 0 Å². The number of nitrogens with zero attached hydrogens (tertiary/aromatic N) is 1. The minimum atomic E-state index is -1.24. The van der Waals surface area contributed by atoms with Crippen molar-refractivity contribution in [2.45, 2.75) is 25.4 Å². The van der Waals surface area contributed by atoms with E-state index in [1.165, 1.54) is 0 Å². The molecule has 8 nitrogen and oxygen atoms in total. The molecule has 0 aromatic rings. The number of ether oxygens (including phenoxy) is 1. The van der Waals surface area contributed by atoms with Crippen LogP contribution in [-0.4, -0.2) is 71.8 Å². The average Bonchev–Trinajstić information content (AvgIpc) is 2.38. The number of carboxylic acid groups (broad SMARTS) is 2. The van der Waals surface area contributed by atoms with Gasteiger partial charge in [-0.3, -0.25) is 14.4 Å². The number of nitrogens with one attached hydrogen (secondary N) is 1. The molecule has 0 bridgehead atoms. The standard InChI is InChI=1S/C12H20N2O6/c15-10(14(7-11(16)17)8-12(18)19)3-6-20-9-1-4-13-5-2-9/h9,13H,1-8H2,(H,16,17)(H,18,19). The number of piperidine rings is 1. The lowest BCUT2D eigenvalue weighted by molar-refractivity contribution is -0.150. The van der Waals surface area contributed by atoms with Crippen molar-refractivity contribution in [1.82, 2.24) is 10.2 Å². The second kappa shape index (κ2) is 8.49. The maximum Gasteiger partial charge on any atom is 0.323 e. The fraction of sp³-hybridized carbons (Fsp3) is 0.750. The summed E-state index contributed by atoms with van der Waals surface area (Å²) in [5.41, 5.74) is 0. The van der Waals surface area contributed by atoms with Crippen molar-refractivity contribution in [1.29, 1.82) is 0 Å². The molecule has 0 aliphatic carbocycles. The first-order valence-electron chi connectivity index (χ1n) is 6.52. The SMILES string of the molecule is O=C(O)CN(CC(=O)O)C(=O)CCOC1CCNCC1. The highest BCUT2D eigenvalue weighted by Gasteiger charge is 2.20. The van der Waals surface area contributed by atoms with Crippen LogP contribution in [0.4, 0.5) is 0 Å². The summed E-state index contributed by atoms with van der Waals surface area (Å²) in [5, 5.41) is 20.5. The minimum absolute atomic E-state index is 0.00944. The summed E-state index contributed by atoms with van der Waals surface area (Å²) in [4.78, 5) is 33.7. The van der Waals surface area contributed by atoms with E-state index in [0.717, 1.165) is 30.8 Å². The minimum Gasteiger partial charge on any atom is -0.480 e. The Kier molecular flexibility index (Phi) is 6.96. The van der Waals surface area contributed by atoms with Gasteiger partial charge in [0.1, 0.15) is 13.1 Å². The van der Waals surface area contributed by atoms with Crippen LogP contribution in [0.1, 0.15) is 19.3 Å². The van der Waals surface area contributed by atoms with Crippen molar-refractivity contribution in [2.75, 3.05) is 32.8 Å². The number of hydrogen-bond donors (Lipinski definition) is 3. The molecule has 1 rings (SSSR count). The Morgan fingerprint density at radius 1 is 1.10 bits per heavy atom. The topological polar surface area (TPSA) is 116 Å². The van der Waals surface area contributed by atoms with Crippen LogP contribution in [0.3, 0.4) is 0 Å². The monoisotopic (exact) mass is 288 g/mol. The van der Waals surface area contributed by atoms with Crippen molar-refractivity contribution in [3.05, 3.63) is 0 Å². The summed E-state index contributed by atoms with van der Waals surface area (Å²) in [6.45, 7) is 0.710. The predicted molar refractivity (Wildman–Crippen MR) is 68.3 cm³/mol. The van der Waals surface area contributed by atoms with Gasteiger partial charge < -0.3 is 25.2 Å². The molecule has 0 atom stereocenters. The highest BCUT2D eigenvalue weighted by molar-refractivity contribution is 5.85. The Balaban J connectivity index is 2.32. The van der Waals surface area contributed by atoms with Crippen LogP contribution in [0, 0.1) is 0 Å². The lowest BCUT2D eigenvalue weighted by Gasteiger charge is -2.23. The van der Waals surface area contributed by atoms with Gasteiger partial charge in [0.2, 0.25) is 5.91 Å². The number of hydrogen-bond acceptors (Lipinski definition) is 5. The maximum absolute atomic E-state index is 11.8. The molecule has 1 amide bonds. The Hall–Kier alpha value is -1.67. The highest BCUT2D eigenvalue weighted by atomic mass is 16.5. The molecule has 0 saturated carbocycles. The van der Waals surface area contributed by atoms with Crippen molar-refractivity contribution >= 4 is 17.8 Å². The molecule has 1 aliphatic heterocycles. The first-order valence-corrected chi connectivity index (χ1v) is 6.52. The Bertz CT molecular complexity index is 338. The molecule has 0 unspecified atom stereocenters. The third-order valence-corrected chi connectivity index (χ3v) is 2.96. The van der Waals surface area contributed by atoms with E-state index >= 15 is 0 Å². The summed E-state index contributed by atoms with van der Waals surface area (Å²) in [5.74, 6) is -3.00. The Morgan fingerprint density at radius 3 is 2.15 bits per heavy atom. The zero-order chi connectivity index (χ0) is 15.0. The largest absolute Gasteiger partial charge is 0.480 e. The lowest BCUT2D eigenvalue weighted by Crippen LogP contribution is -2.40. The Labute approximate surface area is 116 Å². The van der Waals surface area contributed by atoms with Crippen molar-refractivity contribution in [2.24, 2.45) is 0 Å². The van der Waals surface area contributed by atoms with E-state index in [9.17, 15) is 14.4 Å². The van der Waals surface area contributed by atoms with Gasteiger partial charge in [-0.2, -0.15) is 0 Å². The van der Waals surface area contributed by atoms with E-state index in [-0.39, 0.29) is 19.1 Å². The van der Waals surface area contributed by atoms with Crippen molar-refractivity contribution < 1.29 is 29.3 Å². The highest BCUT2D eigenvalue weighted by Crippen LogP contribution is 2.08. The molecular weight excluding hydrogens is 268 g/mol. The van der Waals surface area contributed by atoms with E-state index in [4.69, 9.17) is 14.9 Å². The van der Waals surface area contributed by atoms with Gasteiger partial charge in [-0.05, 0) is 25.9 Å². The Morgan fingerprint density at radius 2 is 1.65 bits per heavy atom. The van der Waals surface area contributed by atoms with Crippen LogP contribution >= 0.6 is 0 Å². The summed E-state index contributed by atoms with van der Waals surface area (Å²) in [6.07, 6.45) is 1.85. The fourth-order valence-electron chi connectivity index (χ4n) is 1.99. The molecule has 20 heavy (non-hydrogen) atoms. The van der Waals surface area contributed by atoms with Crippen LogP contribution in [0.15, 0.2) is 0 Å². The zero-order valence-corrected chi connectivity index (χ0v) is 11.2. The normalized spacial score (nSPS) is 15.8. The molecule has 1 fully saturated rings. The van der Waals surface area contributed by atoms with Crippen LogP contribution in [0.5, 0.6) is 0 Å². The van der Waals surface area contributed by atoms with E-state index in [2.05, 4.69) is 5.32 Å². The number of rotatable bonds is 8. The fourth-order valence-corrected chi connectivity index (χ4v) is 1.99. The number of amides is 1. The van der Waals surface area contributed by atoms with E-state index in [1.54, 1.807) is 0 Å². The van der Waals surface area contributed by atoms with E-state index in [0.29, 0.717) is 0 Å². The molecule has 1 heterocycles. The predicted octanol–water partition coefficient (Wildman–Crippen LogP) is -0.857. The second-order valence-electron chi connectivity index (χ2n) is 4.61. The summed E-state index contributed by atoms with van der Waals surface area (Å²) >= 11 is 0. The van der Waals surface area contributed by atoms with Crippen LogP contribution in [0.25, 0.3) is 0 Å². The van der Waals surface area contributed by atoms with Crippen molar-refractivity contribution in [3.8, 4) is 0 Å².